The van der Waals surface area contributed by atoms with Crippen LogP contribution in [0.2, 0.25) is 0 Å². The van der Waals surface area contributed by atoms with Crippen molar-refractivity contribution in [1.82, 2.24) is 0 Å². The lowest BCUT2D eigenvalue weighted by atomic mass is 9.83. The van der Waals surface area contributed by atoms with Crippen LogP contribution in [0.5, 0.6) is 0 Å². The highest BCUT2D eigenvalue weighted by Crippen LogP contribution is 2.42. The van der Waals surface area contributed by atoms with Gasteiger partial charge in [0, 0.05) is 0 Å². The standard InChI is InChI=1S/C46H32/c1-46(2,3)39-25-36-15-13-34-23-38(24-35-14-16-37(26-39)44(36)43(34)35)32-10-9-31-22-33(12-11-30(31)21-32)40-19-17-29-8-7-27-5-4-6-28-18-20-41(40)45(29)42(27)28/h4-26H,1-3H3. The van der Waals surface area contributed by atoms with Crippen LogP contribution in [-0.4, -0.2) is 0 Å². The summed E-state index contributed by atoms with van der Waals surface area (Å²) in [5, 5.41) is 18.5. The summed E-state index contributed by atoms with van der Waals surface area (Å²) in [7, 11) is 0. The van der Waals surface area contributed by atoms with Crippen molar-refractivity contribution in [3.63, 3.8) is 0 Å². The van der Waals surface area contributed by atoms with Gasteiger partial charge in [0.1, 0.15) is 0 Å². The molecule has 0 unspecified atom stereocenters. The van der Waals surface area contributed by atoms with Crippen molar-refractivity contribution >= 4 is 75.4 Å². The zero-order chi connectivity index (χ0) is 30.7. The first-order chi connectivity index (χ1) is 22.4. The maximum absolute atomic E-state index is 2.38. The summed E-state index contributed by atoms with van der Waals surface area (Å²) < 4.78 is 0. The van der Waals surface area contributed by atoms with Crippen LogP contribution < -0.4 is 0 Å². The quantitative estimate of drug-likeness (QED) is 0.177. The lowest BCUT2D eigenvalue weighted by Gasteiger charge is -2.21. The minimum absolute atomic E-state index is 0.121. The fraction of sp³-hybridized carbons (Fsp3) is 0.0870. The van der Waals surface area contributed by atoms with Crippen LogP contribution in [0.3, 0.4) is 0 Å². The fourth-order valence-electron chi connectivity index (χ4n) is 8.02. The molecule has 0 heteroatoms. The summed E-state index contributed by atoms with van der Waals surface area (Å²) in [4.78, 5) is 0. The van der Waals surface area contributed by atoms with E-state index in [1.54, 1.807) is 0 Å². The molecule has 0 N–H and O–H groups in total. The van der Waals surface area contributed by atoms with E-state index in [9.17, 15) is 0 Å². The molecule has 0 saturated heterocycles. The van der Waals surface area contributed by atoms with Crippen LogP contribution in [0.1, 0.15) is 26.3 Å². The van der Waals surface area contributed by atoms with E-state index in [-0.39, 0.29) is 5.41 Å². The molecule has 0 spiro atoms. The normalized spacial score (nSPS) is 12.7. The molecule has 0 aromatic heterocycles. The summed E-state index contributed by atoms with van der Waals surface area (Å²) in [6, 6.07) is 52.9. The summed E-state index contributed by atoms with van der Waals surface area (Å²) in [5.74, 6) is 0. The Morgan fingerprint density at radius 1 is 0.326 bits per heavy atom. The van der Waals surface area contributed by atoms with Gasteiger partial charge in [0.25, 0.3) is 0 Å². The van der Waals surface area contributed by atoms with Crippen molar-refractivity contribution in [1.29, 1.82) is 0 Å². The van der Waals surface area contributed by atoms with Crippen molar-refractivity contribution in [2.24, 2.45) is 0 Å². The third-order valence-corrected chi connectivity index (χ3v) is 10.4. The van der Waals surface area contributed by atoms with Gasteiger partial charge in [-0.05, 0) is 133 Å². The van der Waals surface area contributed by atoms with Gasteiger partial charge in [-0.1, -0.05) is 136 Å². The van der Waals surface area contributed by atoms with Gasteiger partial charge in [0.2, 0.25) is 0 Å². The van der Waals surface area contributed by atoms with Crippen LogP contribution in [0.25, 0.3) is 97.7 Å². The summed E-state index contributed by atoms with van der Waals surface area (Å²) in [5.41, 5.74) is 6.57. The molecule has 0 fully saturated rings. The van der Waals surface area contributed by atoms with Gasteiger partial charge in [-0.15, -0.1) is 0 Å². The predicted molar refractivity (Wildman–Crippen MR) is 201 cm³/mol. The van der Waals surface area contributed by atoms with Gasteiger partial charge in [-0.3, -0.25) is 0 Å². The largest absolute Gasteiger partial charge is 0.0610 e. The molecule has 0 radical (unpaired) electrons. The molecule has 0 amide bonds. The second-order valence-corrected chi connectivity index (χ2v) is 14.2. The molecule has 0 aliphatic heterocycles. The van der Waals surface area contributed by atoms with E-state index in [2.05, 4.69) is 160 Å². The Kier molecular flexibility index (Phi) is 5.08. The minimum Gasteiger partial charge on any atom is -0.0610 e. The fourth-order valence-corrected chi connectivity index (χ4v) is 8.02. The number of rotatable bonds is 2. The van der Waals surface area contributed by atoms with Gasteiger partial charge in [-0.2, -0.15) is 0 Å². The molecule has 0 heterocycles. The third-order valence-electron chi connectivity index (χ3n) is 10.4. The van der Waals surface area contributed by atoms with Crippen molar-refractivity contribution in [3.8, 4) is 22.3 Å². The summed E-state index contributed by atoms with van der Waals surface area (Å²) >= 11 is 0. The van der Waals surface area contributed by atoms with Crippen molar-refractivity contribution in [2.45, 2.75) is 26.2 Å². The van der Waals surface area contributed by atoms with Crippen LogP contribution in [0.4, 0.5) is 0 Å². The summed E-state index contributed by atoms with van der Waals surface area (Å²) in [6.07, 6.45) is 0. The van der Waals surface area contributed by atoms with E-state index in [1.165, 1.54) is 103 Å². The first-order valence-corrected chi connectivity index (χ1v) is 16.3. The van der Waals surface area contributed by atoms with Gasteiger partial charge in [0.15, 0.2) is 0 Å². The summed E-state index contributed by atoms with van der Waals surface area (Å²) in [6.45, 7) is 6.89. The van der Waals surface area contributed by atoms with E-state index >= 15 is 0 Å². The van der Waals surface area contributed by atoms with E-state index < -0.39 is 0 Å². The van der Waals surface area contributed by atoms with Gasteiger partial charge in [-0.25, -0.2) is 0 Å². The molecule has 216 valence electrons. The number of benzene rings is 10. The molecular formula is C46H32. The predicted octanol–water partition coefficient (Wildman–Crippen LogP) is 13.3. The average molecular weight is 585 g/mol. The SMILES string of the molecule is CC(C)(C)c1cc2ccc3cc(-c4ccc5cc(-c6ccc7ccc8cccc9ccc6c7c89)ccc5c4)cc4ccc(c1)c2c34. The molecule has 0 nitrogen and oxygen atoms in total. The Labute approximate surface area is 268 Å². The van der Waals surface area contributed by atoms with Gasteiger partial charge < -0.3 is 0 Å². The number of hydrogen-bond donors (Lipinski definition) is 0. The van der Waals surface area contributed by atoms with E-state index in [0.29, 0.717) is 0 Å². The highest BCUT2D eigenvalue weighted by atomic mass is 14.2. The van der Waals surface area contributed by atoms with Crippen molar-refractivity contribution in [3.05, 3.63) is 145 Å². The Bertz CT molecular complexity index is 2740. The van der Waals surface area contributed by atoms with Crippen molar-refractivity contribution < 1.29 is 0 Å². The van der Waals surface area contributed by atoms with Crippen molar-refractivity contribution in [2.75, 3.05) is 0 Å². The molecule has 0 aliphatic rings. The molecule has 0 bridgehead atoms. The highest BCUT2D eigenvalue weighted by Gasteiger charge is 2.18. The van der Waals surface area contributed by atoms with E-state index in [1.807, 2.05) is 0 Å². The molecule has 0 atom stereocenters. The zero-order valence-electron chi connectivity index (χ0n) is 26.3. The lowest BCUT2D eigenvalue weighted by molar-refractivity contribution is 0.591. The van der Waals surface area contributed by atoms with Crippen LogP contribution in [-0.2, 0) is 5.41 Å². The molecule has 10 rings (SSSR count). The first-order valence-electron chi connectivity index (χ1n) is 16.3. The Balaban J connectivity index is 1.09. The minimum atomic E-state index is 0.121. The highest BCUT2D eigenvalue weighted by molar-refractivity contribution is 6.26. The van der Waals surface area contributed by atoms with Crippen LogP contribution in [0.15, 0.2) is 140 Å². The third kappa shape index (κ3) is 3.68. The molecular weight excluding hydrogens is 553 g/mol. The van der Waals surface area contributed by atoms with Gasteiger partial charge in [0.05, 0.1) is 0 Å². The molecule has 46 heavy (non-hydrogen) atoms. The topological polar surface area (TPSA) is 0 Å². The molecule has 0 saturated carbocycles. The second kappa shape index (κ2) is 9.05. The second-order valence-electron chi connectivity index (χ2n) is 14.2. The van der Waals surface area contributed by atoms with Crippen LogP contribution >= 0.6 is 0 Å². The molecule has 0 aliphatic carbocycles. The number of hydrogen-bond acceptors (Lipinski definition) is 0. The maximum Gasteiger partial charge on any atom is -0.00206 e. The van der Waals surface area contributed by atoms with E-state index in [4.69, 9.17) is 0 Å². The molecule has 10 aromatic carbocycles. The van der Waals surface area contributed by atoms with Crippen LogP contribution in [0, 0.1) is 0 Å². The lowest BCUT2D eigenvalue weighted by Crippen LogP contribution is -2.10. The number of fused-ring (bicyclic) bond motifs is 1. The zero-order valence-corrected chi connectivity index (χ0v) is 26.3. The average Bonchev–Trinajstić information content (AvgIpc) is 3.08. The van der Waals surface area contributed by atoms with Gasteiger partial charge >= 0.3 is 0 Å². The first kappa shape index (κ1) is 25.8. The Hall–Kier alpha value is -5.46. The maximum atomic E-state index is 2.38. The smallest absolute Gasteiger partial charge is 0.00206 e. The molecule has 10 aromatic rings. The Morgan fingerprint density at radius 2 is 0.761 bits per heavy atom. The monoisotopic (exact) mass is 584 g/mol. The van der Waals surface area contributed by atoms with E-state index in [0.717, 1.165) is 0 Å². The Morgan fingerprint density at radius 3 is 1.39 bits per heavy atom.